The first-order valence-electron chi connectivity index (χ1n) is 5.97. The van der Waals surface area contributed by atoms with Gasteiger partial charge in [0.25, 0.3) is 0 Å². The van der Waals surface area contributed by atoms with Crippen LogP contribution < -0.4 is 0 Å². The van der Waals surface area contributed by atoms with Crippen LogP contribution in [0.5, 0.6) is 0 Å². The molecule has 1 saturated heterocycles. The van der Waals surface area contributed by atoms with E-state index in [-0.39, 0.29) is 0 Å². The average molecular weight is 211 g/mol. The standard InChI is InChI=1S/C12H25NSi/c1-4-11-14(2,3)12-10-13-8-6-5-7-9-13/h4H,1,5-12H2,2-3H3. The van der Waals surface area contributed by atoms with Crippen molar-refractivity contribution in [3.05, 3.63) is 12.7 Å². The van der Waals surface area contributed by atoms with Gasteiger partial charge in [-0.1, -0.05) is 25.6 Å². The Morgan fingerprint density at radius 3 is 2.43 bits per heavy atom. The van der Waals surface area contributed by atoms with Crippen molar-refractivity contribution in [2.24, 2.45) is 0 Å². The third-order valence-electron chi connectivity index (χ3n) is 3.25. The van der Waals surface area contributed by atoms with Gasteiger partial charge in [0.05, 0.1) is 8.07 Å². The molecule has 1 aliphatic heterocycles. The van der Waals surface area contributed by atoms with E-state index >= 15 is 0 Å². The third kappa shape index (κ3) is 4.42. The Morgan fingerprint density at radius 2 is 1.86 bits per heavy atom. The first-order chi connectivity index (χ1) is 6.64. The summed E-state index contributed by atoms with van der Waals surface area (Å²) in [5, 5.41) is 0. The van der Waals surface area contributed by atoms with Crippen LogP contribution in [-0.4, -0.2) is 32.6 Å². The van der Waals surface area contributed by atoms with Crippen molar-refractivity contribution in [1.82, 2.24) is 4.90 Å². The highest BCUT2D eigenvalue weighted by atomic mass is 28.3. The molecule has 2 heteroatoms. The van der Waals surface area contributed by atoms with Crippen LogP contribution in [-0.2, 0) is 0 Å². The van der Waals surface area contributed by atoms with Gasteiger partial charge in [-0.05, 0) is 44.6 Å². The largest absolute Gasteiger partial charge is 0.304 e. The number of rotatable bonds is 5. The van der Waals surface area contributed by atoms with E-state index in [0.717, 1.165) is 0 Å². The lowest BCUT2D eigenvalue weighted by atomic mass is 10.1. The van der Waals surface area contributed by atoms with Gasteiger partial charge in [-0.25, -0.2) is 0 Å². The fourth-order valence-electron chi connectivity index (χ4n) is 2.14. The normalized spacial score (nSPS) is 19.6. The molecule has 0 aliphatic carbocycles. The molecule has 1 heterocycles. The molecule has 0 spiro atoms. The molecular weight excluding hydrogens is 186 g/mol. The lowest BCUT2D eigenvalue weighted by Gasteiger charge is -2.30. The Hall–Kier alpha value is -0.0831. The van der Waals surface area contributed by atoms with Gasteiger partial charge in [-0.15, -0.1) is 6.58 Å². The van der Waals surface area contributed by atoms with Crippen molar-refractivity contribution in [1.29, 1.82) is 0 Å². The van der Waals surface area contributed by atoms with Gasteiger partial charge in [-0.3, -0.25) is 0 Å². The Labute approximate surface area is 90.2 Å². The highest BCUT2D eigenvalue weighted by Gasteiger charge is 2.20. The van der Waals surface area contributed by atoms with Crippen molar-refractivity contribution >= 4 is 8.07 Å². The van der Waals surface area contributed by atoms with Crippen LogP contribution in [0.4, 0.5) is 0 Å². The van der Waals surface area contributed by atoms with Crippen LogP contribution in [0.2, 0.25) is 25.2 Å². The molecule has 14 heavy (non-hydrogen) atoms. The van der Waals surface area contributed by atoms with Crippen LogP contribution in [0.25, 0.3) is 0 Å². The zero-order valence-electron chi connectivity index (χ0n) is 9.89. The van der Waals surface area contributed by atoms with Gasteiger partial charge in [-0.2, -0.15) is 0 Å². The van der Waals surface area contributed by atoms with Crippen LogP contribution in [0.1, 0.15) is 19.3 Å². The summed E-state index contributed by atoms with van der Waals surface area (Å²) in [6.07, 6.45) is 6.40. The number of hydrogen-bond acceptors (Lipinski definition) is 1. The van der Waals surface area contributed by atoms with E-state index in [1.807, 2.05) is 0 Å². The van der Waals surface area contributed by atoms with E-state index in [9.17, 15) is 0 Å². The van der Waals surface area contributed by atoms with Crippen molar-refractivity contribution in [3.63, 3.8) is 0 Å². The van der Waals surface area contributed by atoms with Gasteiger partial charge >= 0.3 is 0 Å². The van der Waals surface area contributed by atoms with E-state index in [2.05, 4.69) is 30.6 Å². The molecule has 1 fully saturated rings. The SMILES string of the molecule is C=CC[Si](C)(C)CCN1CCCCC1. The Morgan fingerprint density at radius 1 is 1.21 bits per heavy atom. The second-order valence-electron chi connectivity index (χ2n) is 5.31. The van der Waals surface area contributed by atoms with Crippen molar-refractivity contribution in [2.75, 3.05) is 19.6 Å². The monoisotopic (exact) mass is 211 g/mol. The van der Waals surface area contributed by atoms with E-state index in [4.69, 9.17) is 0 Å². The molecule has 0 atom stereocenters. The number of allylic oxidation sites excluding steroid dienone is 1. The molecule has 0 saturated carbocycles. The fourth-order valence-corrected chi connectivity index (χ4v) is 4.04. The first kappa shape index (κ1) is 12.0. The number of piperidine rings is 1. The highest BCUT2D eigenvalue weighted by molar-refractivity contribution is 6.77. The topological polar surface area (TPSA) is 3.24 Å². The molecule has 1 rings (SSSR count). The van der Waals surface area contributed by atoms with Crippen molar-refractivity contribution < 1.29 is 0 Å². The zero-order valence-corrected chi connectivity index (χ0v) is 10.9. The molecule has 0 N–H and O–H groups in total. The molecule has 0 unspecified atom stereocenters. The second-order valence-corrected chi connectivity index (χ2v) is 10.5. The maximum atomic E-state index is 3.86. The van der Waals surface area contributed by atoms with E-state index in [1.165, 1.54) is 51.0 Å². The second kappa shape index (κ2) is 5.71. The molecule has 0 aromatic rings. The summed E-state index contributed by atoms with van der Waals surface area (Å²) in [5.74, 6) is 0. The van der Waals surface area contributed by atoms with Gasteiger partial charge < -0.3 is 4.90 Å². The fraction of sp³-hybridized carbons (Fsp3) is 0.833. The quantitative estimate of drug-likeness (QED) is 0.498. The summed E-state index contributed by atoms with van der Waals surface area (Å²) < 4.78 is 0. The number of likely N-dealkylation sites (tertiary alicyclic amines) is 1. The zero-order chi connectivity index (χ0) is 10.4. The molecule has 1 aliphatic rings. The highest BCUT2D eigenvalue weighted by Crippen LogP contribution is 2.18. The maximum absolute atomic E-state index is 3.86. The molecule has 0 aromatic heterocycles. The molecule has 0 bridgehead atoms. The molecule has 0 aromatic carbocycles. The molecule has 0 amide bonds. The third-order valence-corrected chi connectivity index (χ3v) is 6.22. The van der Waals surface area contributed by atoms with Gasteiger partial charge in [0, 0.05) is 0 Å². The summed E-state index contributed by atoms with van der Waals surface area (Å²) in [7, 11) is -0.947. The molecule has 1 nitrogen and oxygen atoms in total. The summed E-state index contributed by atoms with van der Waals surface area (Å²) in [4.78, 5) is 2.65. The minimum absolute atomic E-state index is 0.947. The first-order valence-corrected chi connectivity index (χ1v) is 9.39. The van der Waals surface area contributed by atoms with Gasteiger partial charge in [0.1, 0.15) is 0 Å². The molecule has 82 valence electrons. The average Bonchev–Trinajstić information content (AvgIpc) is 2.17. The summed E-state index contributed by atoms with van der Waals surface area (Å²) in [5.41, 5.74) is 0. The minimum Gasteiger partial charge on any atom is -0.304 e. The van der Waals surface area contributed by atoms with Gasteiger partial charge in [0.15, 0.2) is 0 Å². The smallest absolute Gasteiger partial charge is 0.0523 e. The predicted molar refractivity (Wildman–Crippen MR) is 67.6 cm³/mol. The van der Waals surface area contributed by atoms with Crippen LogP contribution in [0.3, 0.4) is 0 Å². The summed E-state index contributed by atoms with van der Waals surface area (Å²) in [6.45, 7) is 12.9. The van der Waals surface area contributed by atoms with Crippen LogP contribution >= 0.6 is 0 Å². The molecule has 0 radical (unpaired) electrons. The van der Waals surface area contributed by atoms with E-state index in [1.54, 1.807) is 0 Å². The lowest BCUT2D eigenvalue weighted by Crippen LogP contribution is -2.35. The number of nitrogens with zero attached hydrogens (tertiary/aromatic N) is 1. The lowest BCUT2D eigenvalue weighted by molar-refractivity contribution is 0.239. The van der Waals surface area contributed by atoms with Crippen LogP contribution in [0, 0.1) is 0 Å². The van der Waals surface area contributed by atoms with Crippen LogP contribution in [0.15, 0.2) is 12.7 Å². The van der Waals surface area contributed by atoms with Gasteiger partial charge in [0.2, 0.25) is 0 Å². The Balaban J connectivity index is 2.20. The minimum atomic E-state index is -0.947. The molecular formula is C12H25NSi. The van der Waals surface area contributed by atoms with E-state index < -0.39 is 8.07 Å². The Bertz CT molecular complexity index is 171. The maximum Gasteiger partial charge on any atom is 0.0523 e. The summed E-state index contributed by atoms with van der Waals surface area (Å²) in [6, 6.07) is 2.72. The Kier molecular flexibility index (Phi) is 4.89. The number of hydrogen-bond donors (Lipinski definition) is 0. The van der Waals surface area contributed by atoms with E-state index in [0.29, 0.717) is 0 Å². The van der Waals surface area contributed by atoms with Crippen molar-refractivity contribution in [2.45, 2.75) is 44.4 Å². The van der Waals surface area contributed by atoms with Crippen molar-refractivity contribution in [3.8, 4) is 0 Å². The summed E-state index contributed by atoms with van der Waals surface area (Å²) >= 11 is 0. The predicted octanol–water partition coefficient (Wildman–Crippen LogP) is 3.37.